The number of methoxy groups -OCH3 is 2. The first-order valence-corrected chi connectivity index (χ1v) is 9.67. The van der Waals surface area contributed by atoms with Crippen molar-refractivity contribution in [1.29, 1.82) is 0 Å². The fraction of sp³-hybridized carbons (Fsp3) is 0.240. The van der Waals surface area contributed by atoms with E-state index < -0.39 is 0 Å². The van der Waals surface area contributed by atoms with Crippen LogP contribution in [0.2, 0.25) is 0 Å². The second-order valence-corrected chi connectivity index (χ2v) is 7.08. The van der Waals surface area contributed by atoms with Gasteiger partial charge in [-0.2, -0.15) is 0 Å². The minimum atomic E-state index is -0.0851. The number of rotatable bonds is 7. The van der Waals surface area contributed by atoms with Crippen LogP contribution in [0.5, 0.6) is 11.5 Å². The molecule has 0 aliphatic carbocycles. The molecule has 0 saturated carbocycles. The Morgan fingerprint density at radius 3 is 2.17 bits per heavy atom. The number of nitrogens with zero attached hydrogens (tertiary/aromatic N) is 1. The first-order valence-electron chi connectivity index (χ1n) is 9.67. The largest absolute Gasteiger partial charge is 0.493 e. The Hall–Kier alpha value is -3.27. The molecule has 4 nitrogen and oxygen atoms in total. The van der Waals surface area contributed by atoms with Crippen LogP contribution in [-0.2, 0) is 6.54 Å². The van der Waals surface area contributed by atoms with Gasteiger partial charge >= 0.3 is 0 Å². The summed E-state index contributed by atoms with van der Waals surface area (Å²) in [6.45, 7) is 4.54. The van der Waals surface area contributed by atoms with Crippen LogP contribution in [0.4, 0.5) is 0 Å². The van der Waals surface area contributed by atoms with E-state index in [2.05, 4.69) is 19.1 Å². The van der Waals surface area contributed by atoms with Crippen molar-refractivity contribution < 1.29 is 14.3 Å². The van der Waals surface area contributed by atoms with Gasteiger partial charge in [-0.1, -0.05) is 54.1 Å². The van der Waals surface area contributed by atoms with Gasteiger partial charge in [0.15, 0.2) is 11.5 Å². The number of hydrogen-bond acceptors (Lipinski definition) is 3. The summed E-state index contributed by atoms with van der Waals surface area (Å²) in [6, 6.07) is 23.5. The van der Waals surface area contributed by atoms with Crippen LogP contribution in [-0.4, -0.2) is 25.0 Å². The molecule has 0 heterocycles. The molecule has 0 aromatic heterocycles. The Bertz CT molecular complexity index is 952. The summed E-state index contributed by atoms with van der Waals surface area (Å²) in [4.78, 5) is 15.3. The van der Waals surface area contributed by atoms with Crippen LogP contribution in [0, 0.1) is 6.92 Å². The molecular formula is C25H27NO3. The van der Waals surface area contributed by atoms with Crippen LogP contribution in [0.25, 0.3) is 0 Å². The minimum Gasteiger partial charge on any atom is -0.493 e. The predicted molar refractivity (Wildman–Crippen MR) is 115 cm³/mol. The number of amides is 1. The molecule has 0 spiro atoms. The highest BCUT2D eigenvalue weighted by atomic mass is 16.5. The van der Waals surface area contributed by atoms with Gasteiger partial charge in [0.2, 0.25) is 0 Å². The Labute approximate surface area is 172 Å². The lowest BCUT2D eigenvalue weighted by atomic mass is 10.0. The van der Waals surface area contributed by atoms with E-state index in [1.807, 2.05) is 72.5 Å². The summed E-state index contributed by atoms with van der Waals surface area (Å²) in [6.07, 6.45) is 0. The van der Waals surface area contributed by atoms with Crippen LogP contribution in [0.1, 0.15) is 40.0 Å². The third kappa shape index (κ3) is 4.77. The summed E-state index contributed by atoms with van der Waals surface area (Å²) < 4.78 is 10.8. The second kappa shape index (κ2) is 9.28. The molecule has 0 radical (unpaired) electrons. The third-order valence-electron chi connectivity index (χ3n) is 5.11. The maximum atomic E-state index is 13.4. The van der Waals surface area contributed by atoms with E-state index in [0.29, 0.717) is 23.6 Å². The van der Waals surface area contributed by atoms with Crippen molar-refractivity contribution in [2.24, 2.45) is 0 Å². The maximum Gasteiger partial charge on any atom is 0.254 e. The molecule has 1 atom stereocenters. The summed E-state index contributed by atoms with van der Waals surface area (Å²) in [5, 5.41) is 0. The number of carbonyl (C=O) groups excluding carboxylic acids is 1. The van der Waals surface area contributed by atoms with E-state index in [1.165, 1.54) is 0 Å². The molecule has 0 aliphatic heterocycles. The molecular weight excluding hydrogens is 362 g/mol. The fourth-order valence-corrected chi connectivity index (χ4v) is 3.33. The third-order valence-corrected chi connectivity index (χ3v) is 5.11. The molecule has 0 saturated heterocycles. The van der Waals surface area contributed by atoms with E-state index >= 15 is 0 Å². The summed E-state index contributed by atoms with van der Waals surface area (Å²) >= 11 is 0. The predicted octanol–water partition coefficient (Wildman–Crippen LogP) is 5.42. The molecule has 150 valence electrons. The van der Waals surface area contributed by atoms with Crippen LogP contribution < -0.4 is 9.47 Å². The lowest BCUT2D eigenvalue weighted by molar-refractivity contribution is 0.0674. The smallest absolute Gasteiger partial charge is 0.254 e. The zero-order chi connectivity index (χ0) is 20.8. The van der Waals surface area contributed by atoms with Crippen molar-refractivity contribution in [2.45, 2.75) is 26.4 Å². The van der Waals surface area contributed by atoms with Crippen molar-refractivity contribution in [2.75, 3.05) is 14.2 Å². The molecule has 3 aromatic carbocycles. The molecule has 0 aliphatic rings. The van der Waals surface area contributed by atoms with E-state index in [9.17, 15) is 4.79 Å². The number of ether oxygens (including phenoxy) is 2. The van der Waals surface area contributed by atoms with Crippen LogP contribution >= 0.6 is 0 Å². The van der Waals surface area contributed by atoms with E-state index in [-0.39, 0.29) is 11.9 Å². The molecule has 29 heavy (non-hydrogen) atoms. The highest BCUT2D eigenvalue weighted by molar-refractivity contribution is 5.94. The van der Waals surface area contributed by atoms with Gasteiger partial charge in [-0.25, -0.2) is 0 Å². The average molecular weight is 389 g/mol. The molecule has 3 rings (SSSR count). The Morgan fingerprint density at radius 2 is 1.55 bits per heavy atom. The van der Waals surface area contributed by atoms with Crippen molar-refractivity contribution in [1.82, 2.24) is 4.90 Å². The van der Waals surface area contributed by atoms with Gasteiger partial charge in [-0.15, -0.1) is 0 Å². The molecule has 0 bridgehead atoms. The van der Waals surface area contributed by atoms with Gasteiger partial charge in [0.25, 0.3) is 5.91 Å². The van der Waals surface area contributed by atoms with Gasteiger partial charge in [0, 0.05) is 12.1 Å². The summed E-state index contributed by atoms with van der Waals surface area (Å²) in [7, 11) is 3.23. The van der Waals surface area contributed by atoms with E-state index in [4.69, 9.17) is 9.47 Å². The van der Waals surface area contributed by atoms with E-state index in [1.54, 1.807) is 14.2 Å². The highest BCUT2D eigenvalue weighted by Crippen LogP contribution is 2.30. The molecule has 3 aromatic rings. The minimum absolute atomic E-state index is 0.00358. The average Bonchev–Trinajstić information content (AvgIpc) is 2.77. The number of hydrogen-bond donors (Lipinski definition) is 0. The van der Waals surface area contributed by atoms with Gasteiger partial charge in [0.05, 0.1) is 20.3 Å². The summed E-state index contributed by atoms with van der Waals surface area (Å²) in [5.41, 5.74) is 3.88. The Morgan fingerprint density at radius 1 is 0.897 bits per heavy atom. The van der Waals surface area contributed by atoms with Crippen LogP contribution in [0.3, 0.4) is 0 Å². The summed E-state index contributed by atoms with van der Waals surface area (Å²) in [5.74, 6) is 1.32. The number of benzene rings is 3. The SMILES string of the molecule is COc1ccc(CN(C(=O)c2ccc(C)cc2)C(C)c2ccccc2)cc1OC. The quantitative estimate of drug-likeness (QED) is 0.542. The van der Waals surface area contributed by atoms with Crippen molar-refractivity contribution >= 4 is 5.91 Å². The molecule has 1 unspecified atom stereocenters. The second-order valence-electron chi connectivity index (χ2n) is 7.08. The monoisotopic (exact) mass is 389 g/mol. The fourth-order valence-electron chi connectivity index (χ4n) is 3.33. The first kappa shape index (κ1) is 20.5. The van der Waals surface area contributed by atoms with Crippen molar-refractivity contribution in [3.63, 3.8) is 0 Å². The molecule has 0 N–H and O–H groups in total. The lowest BCUT2D eigenvalue weighted by Gasteiger charge is -2.30. The van der Waals surface area contributed by atoms with Crippen molar-refractivity contribution in [3.05, 3.63) is 95.1 Å². The highest BCUT2D eigenvalue weighted by Gasteiger charge is 2.23. The molecule has 4 heteroatoms. The lowest BCUT2D eigenvalue weighted by Crippen LogP contribution is -2.33. The topological polar surface area (TPSA) is 38.8 Å². The normalized spacial score (nSPS) is 11.6. The zero-order valence-corrected chi connectivity index (χ0v) is 17.4. The first-order chi connectivity index (χ1) is 14.0. The van der Waals surface area contributed by atoms with Gasteiger partial charge < -0.3 is 14.4 Å². The van der Waals surface area contributed by atoms with Gasteiger partial charge in [-0.3, -0.25) is 4.79 Å². The molecule has 1 amide bonds. The molecule has 0 fully saturated rings. The van der Waals surface area contributed by atoms with Gasteiger partial charge in [-0.05, 0) is 49.2 Å². The Balaban J connectivity index is 1.96. The zero-order valence-electron chi connectivity index (χ0n) is 17.4. The Kier molecular flexibility index (Phi) is 6.55. The van der Waals surface area contributed by atoms with Gasteiger partial charge in [0.1, 0.15) is 0 Å². The van der Waals surface area contributed by atoms with Crippen LogP contribution in [0.15, 0.2) is 72.8 Å². The van der Waals surface area contributed by atoms with Crippen molar-refractivity contribution in [3.8, 4) is 11.5 Å². The maximum absolute atomic E-state index is 13.4. The standard InChI is InChI=1S/C25H27NO3/c1-18-10-13-22(14-11-18)25(27)26(19(2)21-8-6-5-7-9-21)17-20-12-15-23(28-3)24(16-20)29-4/h5-16,19H,17H2,1-4H3. The number of carbonyl (C=O) groups is 1. The van der Waals surface area contributed by atoms with E-state index in [0.717, 1.165) is 16.7 Å². The number of aryl methyl sites for hydroxylation is 1.